The van der Waals surface area contributed by atoms with E-state index in [9.17, 15) is 13.7 Å². The first kappa shape index (κ1) is 12.9. The zero-order chi connectivity index (χ0) is 13.4. The predicted octanol–water partition coefficient (Wildman–Crippen LogP) is 1.91. The van der Waals surface area contributed by atoms with E-state index in [0.717, 1.165) is 31.1 Å². The molecule has 0 heterocycles. The Labute approximate surface area is 107 Å². The molecular formula is C13H16N2O2S. The number of nitriles is 1. The highest BCUT2D eigenvalue weighted by atomic mass is 32.2. The molecule has 0 saturated heterocycles. The lowest BCUT2D eigenvalue weighted by Crippen LogP contribution is -2.29. The summed E-state index contributed by atoms with van der Waals surface area (Å²) >= 11 is 0. The van der Waals surface area contributed by atoms with Crippen LogP contribution >= 0.6 is 0 Å². The molecule has 0 aliphatic heterocycles. The zero-order valence-electron chi connectivity index (χ0n) is 10.3. The van der Waals surface area contributed by atoms with Gasteiger partial charge in [0.2, 0.25) is 0 Å². The normalized spacial score (nSPS) is 17.8. The average Bonchev–Trinajstić information content (AvgIpc) is 2.24. The smallest absolute Gasteiger partial charge is 0.177 e. The molecule has 96 valence electrons. The third kappa shape index (κ3) is 2.34. The van der Waals surface area contributed by atoms with Crippen molar-refractivity contribution < 1.29 is 8.42 Å². The van der Waals surface area contributed by atoms with Gasteiger partial charge in [0.1, 0.15) is 0 Å². The minimum atomic E-state index is -3.31. The molecule has 1 saturated carbocycles. The highest BCUT2D eigenvalue weighted by molar-refractivity contribution is 7.90. The van der Waals surface area contributed by atoms with Crippen LogP contribution in [0.3, 0.4) is 0 Å². The molecule has 1 aromatic carbocycles. The molecular weight excluding hydrogens is 248 g/mol. The van der Waals surface area contributed by atoms with Gasteiger partial charge in [0.05, 0.1) is 22.1 Å². The summed E-state index contributed by atoms with van der Waals surface area (Å²) < 4.78 is 23.2. The van der Waals surface area contributed by atoms with Crippen LogP contribution in [0.5, 0.6) is 0 Å². The first-order chi connectivity index (χ1) is 8.36. The zero-order valence-corrected chi connectivity index (χ0v) is 11.1. The van der Waals surface area contributed by atoms with Gasteiger partial charge in [-0.2, -0.15) is 5.26 Å². The van der Waals surface area contributed by atoms with Gasteiger partial charge in [-0.3, -0.25) is 0 Å². The van der Waals surface area contributed by atoms with E-state index in [1.807, 2.05) is 0 Å². The summed E-state index contributed by atoms with van der Waals surface area (Å²) in [6.45, 7) is 0. The van der Waals surface area contributed by atoms with E-state index in [0.29, 0.717) is 6.42 Å². The van der Waals surface area contributed by atoms with Crippen LogP contribution in [0.15, 0.2) is 23.1 Å². The van der Waals surface area contributed by atoms with Crippen molar-refractivity contribution in [3.63, 3.8) is 0 Å². The first-order valence-electron chi connectivity index (χ1n) is 5.86. The lowest BCUT2D eigenvalue weighted by atomic mass is 9.66. The summed E-state index contributed by atoms with van der Waals surface area (Å²) in [5.41, 5.74) is 6.50. The molecule has 18 heavy (non-hydrogen) atoms. The van der Waals surface area contributed by atoms with Gasteiger partial charge in [-0.25, -0.2) is 8.42 Å². The lowest BCUT2D eigenvalue weighted by molar-refractivity contribution is 0.214. The van der Waals surface area contributed by atoms with Crippen LogP contribution in [0.1, 0.15) is 24.8 Å². The molecule has 1 fully saturated rings. The number of nitrogen functional groups attached to an aromatic ring is 1. The Balaban J connectivity index is 2.34. The monoisotopic (exact) mass is 264 g/mol. The van der Waals surface area contributed by atoms with E-state index < -0.39 is 9.84 Å². The number of hydrogen-bond donors (Lipinski definition) is 1. The van der Waals surface area contributed by atoms with E-state index >= 15 is 0 Å². The predicted molar refractivity (Wildman–Crippen MR) is 69.6 cm³/mol. The summed E-state index contributed by atoms with van der Waals surface area (Å²) in [7, 11) is -3.31. The molecule has 0 amide bonds. The number of benzene rings is 1. The van der Waals surface area contributed by atoms with Crippen molar-refractivity contribution in [3.05, 3.63) is 23.8 Å². The summed E-state index contributed by atoms with van der Waals surface area (Å²) in [5.74, 6) is 0. The number of hydrogen-bond acceptors (Lipinski definition) is 4. The maximum atomic E-state index is 11.6. The fraction of sp³-hybridized carbons (Fsp3) is 0.462. The van der Waals surface area contributed by atoms with Crippen LogP contribution in [0.25, 0.3) is 0 Å². The van der Waals surface area contributed by atoms with Gasteiger partial charge in [0.25, 0.3) is 0 Å². The molecule has 1 aliphatic carbocycles. The second-order valence-electron chi connectivity index (χ2n) is 5.07. The molecule has 0 spiro atoms. The van der Waals surface area contributed by atoms with Crippen molar-refractivity contribution in [2.75, 3.05) is 12.0 Å². The largest absolute Gasteiger partial charge is 0.398 e. The number of anilines is 1. The van der Waals surface area contributed by atoms with Gasteiger partial charge in [-0.1, -0.05) is 12.5 Å². The summed E-state index contributed by atoms with van der Waals surface area (Å²) in [4.78, 5) is 0.160. The number of sulfone groups is 1. The molecule has 4 nitrogen and oxygen atoms in total. The molecule has 2 rings (SSSR count). The van der Waals surface area contributed by atoms with Gasteiger partial charge in [-0.05, 0) is 37.0 Å². The van der Waals surface area contributed by atoms with Crippen LogP contribution in [0.4, 0.5) is 5.69 Å². The topological polar surface area (TPSA) is 84.0 Å². The Bertz CT molecular complexity index is 610. The van der Waals surface area contributed by atoms with E-state index in [-0.39, 0.29) is 16.0 Å². The fourth-order valence-corrected chi connectivity index (χ4v) is 3.19. The third-order valence-electron chi connectivity index (χ3n) is 3.57. The second kappa shape index (κ2) is 4.29. The van der Waals surface area contributed by atoms with Gasteiger partial charge in [0.15, 0.2) is 9.84 Å². The quantitative estimate of drug-likeness (QED) is 0.845. The van der Waals surface area contributed by atoms with Crippen LogP contribution in [-0.4, -0.2) is 14.7 Å². The highest BCUT2D eigenvalue weighted by Crippen LogP contribution is 2.43. The van der Waals surface area contributed by atoms with Crippen molar-refractivity contribution in [3.8, 4) is 6.07 Å². The minimum Gasteiger partial charge on any atom is -0.398 e. The van der Waals surface area contributed by atoms with Crippen molar-refractivity contribution in [2.24, 2.45) is 5.41 Å². The Hall–Kier alpha value is -1.54. The average molecular weight is 264 g/mol. The number of nitrogens with zero attached hydrogens (tertiary/aromatic N) is 1. The summed E-state index contributed by atoms with van der Waals surface area (Å²) in [6, 6.07) is 7.37. The fourth-order valence-electron chi connectivity index (χ4n) is 2.33. The van der Waals surface area contributed by atoms with Gasteiger partial charge < -0.3 is 5.73 Å². The van der Waals surface area contributed by atoms with E-state index in [2.05, 4.69) is 6.07 Å². The Morgan fingerprint density at radius 1 is 1.44 bits per heavy atom. The molecule has 0 unspecified atom stereocenters. The van der Waals surface area contributed by atoms with E-state index in [1.165, 1.54) is 0 Å². The highest BCUT2D eigenvalue weighted by Gasteiger charge is 2.37. The lowest BCUT2D eigenvalue weighted by Gasteiger charge is -2.35. The van der Waals surface area contributed by atoms with Crippen LogP contribution < -0.4 is 5.73 Å². The standard InChI is InChI=1S/C13H16N2O2S/c1-18(16,17)12-7-10(3-4-11(12)15)8-13(9-14)5-2-6-13/h3-4,7H,2,5-6,8,15H2,1H3. The van der Waals surface area contributed by atoms with Crippen LogP contribution in [0, 0.1) is 16.7 Å². The first-order valence-corrected chi connectivity index (χ1v) is 7.75. The Kier molecular flexibility index (Phi) is 3.07. The molecule has 2 N–H and O–H groups in total. The van der Waals surface area contributed by atoms with Gasteiger partial charge >= 0.3 is 0 Å². The number of rotatable bonds is 3. The Morgan fingerprint density at radius 2 is 2.11 bits per heavy atom. The second-order valence-corrected chi connectivity index (χ2v) is 7.05. The number of nitrogens with two attached hydrogens (primary N) is 1. The molecule has 0 radical (unpaired) electrons. The van der Waals surface area contributed by atoms with Gasteiger partial charge in [-0.15, -0.1) is 0 Å². The van der Waals surface area contributed by atoms with Crippen LogP contribution in [0.2, 0.25) is 0 Å². The van der Waals surface area contributed by atoms with Crippen molar-refractivity contribution in [1.82, 2.24) is 0 Å². The molecule has 1 aliphatic rings. The van der Waals surface area contributed by atoms with Crippen molar-refractivity contribution in [1.29, 1.82) is 5.26 Å². The summed E-state index contributed by atoms with van der Waals surface area (Å²) in [6.07, 6.45) is 4.60. The SMILES string of the molecule is CS(=O)(=O)c1cc(CC2(C#N)CCC2)ccc1N. The molecule has 0 bridgehead atoms. The van der Waals surface area contributed by atoms with Crippen LogP contribution in [-0.2, 0) is 16.3 Å². The molecule has 0 atom stereocenters. The van der Waals surface area contributed by atoms with Gasteiger partial charge in [0, 0.05) is 6.26 Å². The van der Waals surface area contributed by atoms with E-state index in [4.69, 9.17) is 5.73 Å². The third-order valence-corrected chi connectivity index (χ3v) is 4.72. The molecule has 5 heteroatoms. The maximum Gasteiger partial charge on any atom is 0.177 e. The van der Waals surface area contributed by atoms with Crippen molar-refractivity contribution >= 4 is 15.5 Å². The Morgan fingerprint density at radius 3 is 2.56 bits per heavy atom. The minimum absolute atomic E-state index is 0.160. The molecule has 0 aromatic heterocycles. The maximum absolute atomic E-state index is 11.6. The summed E-state index contributed by atoms with van der Waals surface area (Å²) in [5, 5.41) is 9.19. The van der Waals surface area contributed by atoms with E-state index in [1.54, 1.807) is 18.2 Å². The molecule has 1 aromatic rings. The van der Waals surface area contributed by atoms with Crippen molar-refractivity contribution in [2.45, 2.75) is 30.6 Å².